The molecule has 0 atom stereocenters. The van der Waals surface area contributed by atoms with Gasteiger partial charge in [-0.1, -0.05) is 6.07 Å². The molecule has 142 valence electrons. The fourth-order valence-corrected chi connectivity index (χ4v) is 4.50. The third-order valence-electron chi connectivity index (χ3n) is 4.69. The van der Waals surface area contributed by atoms with E-state index in [9.17, 15) is 10.1 Å². The number of carbonyl (C=O) groups excluding carboxylic acids is 1. The lowest BCUT2D eigenvalue weighted by atomic mass is 9.86. The number of alkyl carbamates (subject to hydrolysis) is 1. The number of rotatable bonds is 4. The van der Waals surface area contributed by atoms with E-state index in [4.69, 9.17) is 10.5 Å². The van der Waals surface area contributed by atoms with Gasteiger partial charge < -0.3 is 15.8 Å². The molecule has 6 nitrogen and oxygen atoms in total. The number of ether oxygens (including phenoxy) is 1. The van der Waals surface area contributed by atoms with Gasteiger partial charge in [-0.3, -0.25) is 0 Å². The Morgan fingerprint density at radius 3 is 2.78 bits per heavy atom. The van der Waals surface area contributed by atoms with Crippen molar-refractivity contribution in [1.29, 1.82) is 5.26 Å². The van der Waals surface area contributed by atoms with Gasteiger partial charge in [0.15, 0.2) is 0 Å². The summed E-state index contributed by atoms with van der Waals surface area (Å²) in [6.07, 6.45) is 5.19. The number of carbonyl (C=O) groups is 1. The van der Waals surface area contributed by atoms with E-state index < -0.39 is 0 Å². The third-order valence-corrected chi connectivity index (χ3v) is 5.89. The summed E-state index contributed by atoms with van der Waals surface area (Å²) in [6, 6.07) is 7.75. The van der Waals surface area contributed by atoms with Crippen LogP contribution in [0, 0.1) is 11.3 Å². The maximum Gasteiger partial charge on any atom is 0.407 e. The van der Waals surface area contributed by atoms with Crippen LogP contribution in [0.2, 0.25) is 0 Å². The molecule has 1 aliphatic rings. The summed E-state index contributed by atoms with van der Waals surface area (Å²) in [4.78, 5) is 17.3. The van der Waals surface area contributed by atoms with Crippen LogP contribution in [0.25, 0.3) is 10.4 Å². The highest BCUT2D eigenvalue weighted by atomic mass is 32.1. The zero-order chi connectivity index (χ0) is 19.4. The number of nitriles is 1. The molecule has 2 aromatic rings. The summed E-state index contributed by atoms with van der Waals surface area (Å²) in [5.41, 5.74) is 7.81. The Kier molecular flexibility index (Phi) is 5.97. The number of anilines is 1. The zero-order valence-electron chi connectivity index (χ0n) is 15.6. The molecule has 3 rings (SSSR count). The smallest absolute Gasteiger partial charge is 0.407 e. The molecular formula is C20H24N4O2S. The Hall–Kier alpha value is -2.59. The monoisotopic (exact) mass is 384 g/mol. The van der Waals surface area contributed by atoms with Crippen LogP contribution in [-0.2, 0) is 4.74 Å². The van der Waals surface area contributed by atoms with E-state index in [1.54, 1.807) is 17.4 Å². The first kappa shape index (κ1) is 19.2. The number of thiazole rings is 1. The molecule has 1 amide bonds. The van der Waals surface area contributed by atoms with Crippen molar-refractivity contribution >= 4 is 23.1 Å². The van der Waals surface area contributed by atoms with E-state index in [1.807, 2.05) is 32.2 Å². The van der Waals surface area contributed by atoms with Gasteiger partial charge in [-0.2, -0.15) is 5.26 Å². The van der Waals surface area contributed by atoms with Crippen molar-refractivity contribution in [2.45, 2.75) is 57.6 Å². The van der Waals surface area contributed by atoms with Crippen molar-refractivity contribution in [3.63, 3.8) is 0 Å². The minimum Gasteiger partial charge on any atom is -0.447 e. The Bertz CT molecular complexity index is 848. The largest absolute Gasteiger partial charge is 0.447 e. The lowest BCUT2D eigenvalue weighted by Gasteiger charge is -2.28. The first-order valence-corrected chi connectivity index (χ1v) is 10.0. The quantitative estimate of drug-likeness (QED) is 0.760. The predicted molar refractivity (Wildman–Crippen MR) is 106 cm³/mol. The molecule has 1 aromatic heterocycles. The highest BCUT2D eigenvalue weighted by Gasteiger charge is 2.26. The zero-order valence-corrected chi connectivity index (χ0v) is 16.4. The van der Waals surface area contributed by atoms with Crippen molar-refractivity contribution in [3.05, 3.63) is 35.0 Å². The Morgan fingerprint density at radius 2 is 2.11 bits per heavy atom. The van der Waals surface area contributed by atoms with Gasteiger partial charge in [-0.05, 0) is 51.7 Å². The summed E-state index contributed by atoms with van der Waals surface area (Å²) < 4.78 is 5.15. The van der Waals surface area contributed by atoms with Gasteiger partial charge in [0.05, 0.1) is 27.6 Å². The molecule has 27 heavy (non-hydrogen) atoms. The van der Waals surface area contributed by atoms with Gasteiger partial charge in [0.1, 0.15) is 0 Å². The maximum atomic E-state index is 11.7. The van der Waals surface area contributed by atoms with Crippen LogP contribution in [-0.4, -0.2) is 23.2 Å². The average molecular weight is 385 g/mol. The third kappa shape index (κ3) is 4.77. The molecule has 0 saturated heterocycles. The minimum atomic E-state index is -0.336. The number of benzene rings is 1. The number of nitrogen functional groups attached to an aromatic ring is 1. The Balaban J connectivity index is 1.62. The lowest BCUT2D eigenvalue weighted by molar-refractivity contribution is 0.109. The topological polar surface area (TPSA) is 101 Å². The first-order chi connectivity index (χ1) is 13.0. The van der Waals surface area contributed by atoms with E-state index in [-0.39, 0.29) is 18.2 Å². The maximum absolute atomic E-state index is 11.7. The molecular weight excluding hydrogens is 360 g/mol. The highest BCUT2D eigenvalue weighted by molar-refractivity contribution is 7.15. The molecule has 1 saturated carbocycles. The van der Waals surface area contributed by atoms with Gasteiger partial charge in [0.25, 0.3) is 0 Å². The van der Waals surface area contributed by atoms with Crippen LogP contribution < -0.4 is 11.1 Å². The fourth-order valence-electron chi connectivity index (χ4n) is 3.37. The van der Waals surface area contributed by atoms with Gasteiger partial charge in [-0.25, -0.2) is 9.78 Å². The minimum absolute atomic E-state index is 0.110. The second-order valence-corrected chi connectivity index (χ2v) is 8.19. The van der Waals surface area contributed by atoms with E-state index in [2.05, 4.69) is 16.4 Å². The summed E-state index contributed by atoms with van der Waals surface area (Å²) in [7, 11) is 0. The number of hydrogen-bond acceptors (Lipinski definition) is 6. The van der Waals surface area contributed by atoms with Crippen LogP contribution in [0.5, 0.6) is 0 Å². The molecule has 1 aliphatic carbocycles. The van der Waals surface area contributed by atoms with Gasteiger partial charge in [-0.15, -0.1) is 11.3 Å². The first-order valence-electron chi connectivity index (χ1n) is 9.19. The van der Waals surface area contributed by atoms with E-state index in [0.29, 0.717) is 17.2 Å². The van der Waals surface area contributed by atoms with Crippen LogP contribution in [0.15, 0.2) is 24.4 Å². The number of aromatic nitrogens is 1. The average Bonchev–Trinajstić information content (AvgIpc) is 3.11. The molecule has 1 aromatic carbocycles. The summed E-state index contributed by atoms with van der Waals surface area (Å²) in [6.45, 7) is 3.69. The SMILES string of the molecule is CC(C)OC(=O)NC1CCC(c2ncc(-c3ccc(N)cc3C#N)s2)CC1. The van der Waals surface area contributed by atoms with Gasteiger partial charge in [0.2, 0.25) is 0 Å². The predicted octanol–water partition coefficient (Wildman–Crippen LogP) is 4.42. The molecule has 0 bridgehead atoms. The molecule has 1 heterocycles. The molecule has 0 unspecified atom stereocenters. The Labute approximate surface area is 163 Å². The molecule has 0 aliphatic heterocycles. The van der Waals surface area contributed by atoms with Crippen molar-refractivity contribution in [2.75, 3.05) is 5.73 Å². The van der Waals surface area contributed by atoms with Crippen molar-refractivity contribution < 1.29 is 9.53 Å². The van der Waals surface area contributed by atoms with E-state index >= 15 is 0 Å². The lowest BCUT2D eigenvalue weighted by Crippen LogP contribution is -2.38. The standard InChI is InChI=1S/C20H24N4O2S/c1-12(2)26-20(25)24-16-6-3-13(4-7-16)19-23-11-18(27-19)17-8-5-15(22)9-14(17)10-21/h5,8-9,11-13,16H,3-4,6-7,22H2,1-2H3,(H,24,25). The summed E-state index contributed by atoms with van der Waals surface area (Å²) >= 11 is 1.64. The van der Waals surface area contributed by atoms with Crippen LogP contribution >= 0.6 is 11.3 Å². The van der Waals surface area contributed by atoms with Crippen LogP contribution in [0.1, 0.15) is 56.0 Å². The summed E-state index contributed by atoms with van der Waals surface area (Å²) in [5.74, 6) is 0.391. The number of amides is 1. The number of hydrogen-bond donors (Lipinski definition) is 2. The summed E-state index contributed by atoms with van der Waals surface area (Å²) in [5, 5.41) is 13.4. The van der Waals surface area contributed by atoms with E-state index in [1.165, 1.54) is 0 Å². The fraction of sp³-hybridized carbons (Fsp3) is 0.450. The molecule has 3 N–H and O–H groups in total. The van der Waals surface area contributed by atoms with Crippen LogP contribution in [0.4, 0.5) is 10.5 Å². The molecule has 0 spiro atoms. The Morgan fingerprint density at radius 1 is 1.37 bits per heavy atom. The van der Waals surface area contributed by atoms with Crippen molar-refractivity contribution in [2.24, 2.45) is 0 Å². The normalized spacial score (nSPS) is 19.5. The number of nitrogens with zero attached hydrogens (tertiary/aromatic N) is 2. The molecule has 1 fully saturated rings. The van der Waals surface area contributed by atoms with Gasteiger partial charge in [0, 0.05) is 29.4 Å². The second-order valence-electron chi connectivity index (χ2n) is 7.13. The van der Waals surface area contributed by atoms with Crippen LogP contribution in [0.3, 0.4) is 0 Å². The van der Waals surface area contributed by atoms with Crippen molar-refractivity contribution in [3.8, 4) is 16.5 Å². The van der Waals surface area contributed by atoms with Crippen molar-refractivity contribution in [1.82, 2.24) is 10.3 Å². The number of nitrogens with two attached hydrogens (primary N) is 1. The van der Waals surface area contributed by atoms with Gasteiger partial charge >= 0.3 is 6.09 Å². The molecule has 0 radical (unpaired) electrons. The number of nitrogens with one attached hydrogen (secondary N) is 1. The molecule has 7 heteroatoms. The second kappa shape index (κ2) is 8.40. The van der Waals surface area contributed by atoms with E-state index in [0.717, 1.165) is 41.1 Å². The highest BCUT2D eigenvalue weighted by Crippen LogP contribution is 2.38.